The number of likely N-dealkylation sites (N-methyl/N-ethyl adjacent to an activating group) is 1. The summed E-state index contributed by atoms with van der Waals surface area (Å²) in [5, 5.41) is 10.5. The minimum absolute atomic E-state index is 0.0789. The van der Waals surface area contributed by atoms with Crippen LogP contribution in [-0.4, -0.2) is 68.7 Å². The molecular weight excluding hydrogens is 604 g/mol. The van der Waals surface area contributed by atoms with Crippen molar-refractivity contribution >= 4 is 39.0 Å². The summed E-state index contributed by atoms with van der Waals surface area (Å²) < 4.78 is 15.6. The highest BCUT2D eigenvalue weighted by molar-refractivity contribution is 7.16. The molecule has 1 saturated carbocycles. The number of allylic oxidation sites excluding steroid dienone is 1. The Morgan fingerprint density at radius 3 is 2.63 bits per heavy atom. The molecule has 0 amide bonds. The fraction of sp³-hybridized carbons (Fsp3) is 0.606. The molecule has 2 aliphatic heterocycles. The van der Waals surface area contributed by atoms with Crippen LogP contribution in [0.25, 0.3) is 16.9 Å². The number of likely N-dealkylation sites (tertiary alicyclic amines) is 1. The number of rotatable bonds is 5. The Morgan fingerprint density at radius 1 is 1.15 bits per heavy atom. The summed E-state index contributed by atoms with van der Waals surface area (Å²) in [7, 11) is 3.81. The average molecular weight is 647 g/mol. The summed E-state index contributed by atoms with van der Waals surface area (Å²) in [6, 6.07) is 2.29. The van der Waals surface area contributed by atoms with Crippen molar-refractivity contribution in [2.75, 3.05) is 32.5 Å². The van der Waals surface area contributed by atoms with Gasteiger partial charge >= 0.3 is 5.69 Å². The van der Waals surface area contributed by atoms with Gasteiger partial charge in [-0.1, -0.05) is 0 Å². The highest BCUT2D eigenvalue weighted by Gasteiger charge is 2.49. The van der Waals surface area contributed by atoms with Gasteiger partial charge in [-0.05, 0) is 90.3 Å². The number of ether oxygens (including phenoxy) is 2. The summed E-state index contributed by atoms with van der Waals surface area (Å²) in [5.74, 6) is 0.374. The molecule has 2 aliphatic carbocycles. The number of fused-ring (bicyclic) bond motifs is 3. The Labute approximate surface area is 272 Å². The van der Waals surface area contributed by atoms with Gasteiger partial charge in [-0.2, -0.15) is 10.2 Å². The first kappa shape index (κ1) is 30.9. The van der Waals surface area contributed by atoms with Crippen LogP contribution in [0.5, 0.6) is 5.88 Å². The Hall–Kier alpha value is -3.73. The smallest absolute Gasteiger partial charge is 0.330 e. The summed E-state index contributed by atoms with van der Waals surface area (Å²) in [6.45, 7) is 4.08. The van der Waals surface area contributed by atoms with Gasteiger partial charge in [0.25, 0.3) is 0 Å². The number of carbonyl (C=O) groups is 1. The first-order valence-electron chi connectivity index (χ1n) is 16.5. The molecule has 3 fully saturated rings. The summed E-state index contributed by atoms with van der Waals surface area (Å²) in [4.78, 5) is 41.5. The molecule has 5 heterocycles. The Bertz CT molecular complexity index is 1840. The molecule has 4 N–H and O–H groups in total. The molecule has 1 spiro atoms. The number of hydrogen-bond acceptors (Lipinski definition) is 11. The van der Waals surface area contributed by atoms with Crippen LogP contribution >= 0.6 is 11.3 Å². The normalized spacial score (nSPS) is 27.1. The van der Waals surface area contributed by atoms with Crippen molar-refractivity contribution in [2.45, 2.75) is 94.7 Å². The molecule has 7 rings (SSSR count). The second kappa shape index (κ2) is 11.8. The Morgan fingerprint density at radius 2 is 1.93 bits per heavy atom. The highest BCUT2D eigenvalue weighted by atomic mass is 32.1. The van der Waals surface area contributed by atoms with Crippen LogP contribution in [0.3, 0.4) is 0 Å². The molecule has 3 aromatic rings. The van der Waals surface area contributed by atoms with Crippen LogP contribution < -0.4 is 21.9 Å². The van der Waals surface area contributed by atoms with E-state index in [2.05, 4.69) is 18.0 Å². The predicted molar refractivity (Wildman–Crippen MR) is 176 cm³/mol. The van der Waals surface area contributed by atoms with E-state index in [9.17, 15) is 14.9 Å². The summed E-state index contributed by atoms with van der Waals surface area (Å²) in [5.41, 5.74) is 14.9. The number of anilines is 1. The molecule has 0 unspecified atom stereocenters. The van der Waals surface area contributed by atoms with Crippen LogP contribution in [-0.2, 0) is 28.4 Å². The Kier molecular flexibility index (Phi) is 7.93. The van der Waals surface area contributed by atoms with Gasteiger partial charge in [0.05, 0.1) is 29.3 Å². The fourth-order valence-electron chi connectivity index (χ4n) is 8.39. The van der Waals surface area contributed by atoms with Crippen molar-refractivity contribution in [1.29, 1.82) is 5.26 Å². The molecule has 244 valence electrons. The van der Waals surface area contributed by atoms with Crippen molar-refractivity contribution < 1.29 is 14.3 Å². The number of thiophene rings is 1. The van der Waals surface area contributed by atoms with Crippen LogP contribution in [0, 0.1) is 11.3 Å². The molecular formula is C33H42N8O4S. The number of hydrogen-bond donors (Lipinski definition) is 2. The lowest BCUT2D eigenvalue weighted by atomic mass is 9.61. The van der Waals surface area contributed by atoms with E-state index in [1.807, 2.05) is 6.92 Å². The maximum atomic E-state index is 14.6. The van der Waals surface area contributed by atoms with E-state index in [4.69, 9.17) is 30.9 Å². The lowest BCUT2D eigenvalue weighted by molar-refractivity contribution is -0.122. The summed E-state index contributed by atoms with van der Waals surface area (Å²) >= 11 is 1.42. The molecule has 0 aromatic carbocycles. The van der Waals surface area contributed by atoms with Gasteiger partial charge in [-0.15, -0.1) is 11.3 Å². The number of ketones is 1. The highest BCUT2D eigenvalue weighted by Crippen LogP contribution is 2.52. The topological polar surface area (TPSA) is 167 Å². The van der Waals surface area contributed by atoms with Crippen molar-refractivity contribution in [1.82, 2.24) is 24.0 Å². The second-order valence-corrected chi connectivity index (χ2v) is 14.5. The number of nitrogens with two attached hydrogens (primary N) is 2. The molecule has 0 radical (unpaired) electrons. The van der Waals surface area contributed by atoms with E-state index in [1.165, 1.54) is 11.3 Å². The number of Topliss-reactive ketones (excluding diaryl/α,β-unsaturated/α-hetero) is 1. The van der Waals surface area contributed by atoms with Gasteiger partial charge in [0.15, 0.2) is 22.8 Å². The average Bonchev–Trinajstić information content (AvgIpc) is 3.71. The van der Waals surface area contributed by atoms with Gasteiger partial charge in [-0.3, -0.25) is 18.8 Å². The van der Waals surface area contributed by atoms with Gasteiger partial charge in [0.2, 0.25) is 5.88 Å². The lowest BCUT2D eigenvalue weighted by Crippen LogP contribution is -2.43. The minimum atomic E-state index is -0.843. The number of aryl methyl sites for hydroxylation is 2. The fourth-order valence-corrected chi connectivity index (χ4v) is 9.55. The van der Waals surface area contributed by atoms with Crippen LogP contribution in [0.15, 0.2) is 10.4 Å². The van der Waals surface area contributed by atoms with Gasteiger partial charge < -0.3 is 20.9 Å². The third-order valence-electron chi connectivity index (χ3n) is 10.7. The van der Waals surface area contributed by atoms with Crippen LogP contribution in [0.1, 0.15) is 92.6 Å². The summed E-state index contributed by atoms with van der Waals surface area (Å²) in [6.07, 6.45) is 7.62. The maximum Gasteiger partial charge on any atom is 0.330 e. The van der Waals surface area contributed by atoms with Crippen LogP contribution in [0.4, 0.5) is 5.00 Å². The third-order valence-corrected chi connectivity index (χ3v) is 11.8. The molecule has 0 bridgehead atoms. The third kappa shape index (κ3) is 4.76. The lowest BCUT2D eigenvalue weighted by Gasteiger charge is -2.40. The molecule has 12 nitrogen and oxygen atoms in total. The zero-order chi connectivity index (χ0) is 32.3. The first-order chi connectivity index (χ1) is 22.2. The maximum absolute atomic E-state index is 14.6. The number of nitriles is 1. The van der Waals surface area contributed by atoms with Gasteiger partial charge in [0.1, 0.15) is 17.2 Å². The Balaban J connectivity index is 1.38. The number of carbonyl (C=O) groups excluding carboxylic acids is 1. The molecule has 4 aliphatic rings. The largest absolute Gasteiger partial charge is 0.471 e. The molecule has 2 saturated heterocycles. The van der Waals surface area contributed by atoms with E-state index < -0.39 is 5.41 Å². The molecule has 46 heavy (non-hydrogen) atoms. The van der Waals surface area contributed by atoms with Gasteiger partial charge in [0, 0.05) is 30.1 Å². The molecule has 4 atom stereocenters. The number of nitrogens with zero attached hydrogens (tertiary/aromatic N) is 6. The second-order valence-electron chi connectivity index (χ2n) is 13.4. The van der Waals surface area contributed by atoms with Crippen molar-refractivity contribution in [3.63, 3.8) is 0 Å². The molecule has 3 aromatic heterocycles. The van der Waals surface area contributed by atoms with E-state index in [1.54, 1.807) is 16.2 Å². The molecule has 13 heteroatoms. The quantitative estimate of drug-likeness (QED) is 0.391. The first-order valence-corrected chi connectivity index (χ1v) is 17.3. The van der Waals surface area contributed by atoms with E-state index in [-0.39, 0.29) is 47.1 Å². The van der Waals surface area contributed by atoms with E-state index in [0.717, 1.165) is 61.9 Å². The number of imidazole rings is 1. The zero-order valence-electron chi connectivity index (χ0n) is 26.8. The van der Waals surface area contributed by atoms with Gasteiger partial charge in [-0.25, -0.2) is 9.78 Å². The van der Waals surface area contributed by atoms with E-state index >= 15 is 0 Å². The monoisotopic (exact) mass is 646 g/mol. The number of nitrogen functional groups attached to an aromatic ring is 1. The van der Waals surface area contributed by atoms with Crippen molar-refractivity contribution in [3.05, 3.63) is 37.9 Å². The van der Waals surface area contributed by atoms with Crippen molar-refractivity contribution in [2.24, 2.45) is 12.8 Å². The van der Waals surface area contributed by atoms with Crippen LogP contribution in [0.2, 0.25) is 0 Å². The predicted octanol–water partition coefficient (Wildman–Crippen LogP) is 3.56. The SMILES string of the molecule is C[C@H](Oc1nc(/C(N)=C2\CCC[C@@]3(CCCc4sc(N)c(C#N)c43)C2=O)nc2c1n(C)c(=O)n2[C@@H]1CCCOC1)[C@@H]1CCCN1C. The minimum Gasteiger partial charge on any atom is -0.471 e. The number of aromatic nitrogens is 4. The zero-order valence-corrected chi connectivity index (χ0v) is 27.6. The van der Waals surface area contributed by atoms with E-state index in [0.29, 0.717) is 59.8 Å². The van der Waals surface area contributed by atoms with Crippen molar-refractivity contribution in [3.8, 4) is 11.9 Å². The standard InChI is InChI=1S/C33H42N8O4S/c1-18(22-10-6-14-39(22)2)45-31-26-30(41(32(43)40(26)3)19-8-7-15-44-17-19)37-29(38-31)25(35)20-9-4-12-33(27(20)42)13-5-11-23-24(33)21(16-34)28(36)46-23/h18-19,22H,4-15,17,35-36H2,1-3H3/b25-20-/t18-,19+,22-,33-/m0/s1.